The van der Waals surface area contributed by atoms with Crippen molar-refractivity contribution in [2.45, 2.75) is 57.9 Å². The number of nitrogens with zero attached hydrogens (tertiary/aromatic N) is 2. The fourth-order valence-corrected chi connectivity index (χ4v) is 5.04. The summed E-state index contributed by atoms with van der Waals surface area (Å²) in [5.74, 6) is -1.99. The third-order valence-electron chi connectivity index (χ3n) is 7.32. The van der Waals surface area contributed by atoms with Gasteiger partial charge in [0.25, 0.3) is 0 Å². The molecular weight excluding hydrogens is 492 g/mol. The van der Waals surface area contributed by atoms with E-state index >= 15 is 0 Å². The van der Waals surface area contributed by atoms with Crippen LogP contribution in [-0.2, 0) is 14.3 Å². The van der Waals surface area contributed by atoms with Gasteiger partial charge in [0.05, 0.1) is 0 Å². The molecular formula is C29H35F2N3O4. The highest BCUT2D eigenvalue weighted by Crippen LogP contribution is 2.31. The van der Waals surface area contributed by atoms with Gasteiger partial charge in [0.15, 0.2) is 11.6 Å². The van der Waals surface area contributed by atoms with Crippen molar-refractivity contribution in [1.82, 2.24) is 9.80 Å². The van der Waals surface area contributed by atoms with Gasteiger partial charge in [-0.3, -0.25) is 9.59 Å². The van der Waals surface area contributed by atoms with Crippen molar-refractivity contribution in [1.29, 1.82) is 0 Å². The molecule has 204 valence electrons. The molecule has 0 spiro atoms. The second-order valence-electron chi connectivity index (χ2n) is 10.4. The van der Waals surface area contributed by atoms with Crippen LogP contribution in [0.1, 0.15) is 69.0 Å². The maximum Gasteiger partial charge on any atom is 0.417 e. The number of cyclic esters (lactones) is 1. The van der Waals surface area contributed by atoms with Crippen LogP contribution in [0.25, 0.3) is 0 Å². The van der Waals surface area contributed by atoms with Crippen LogP contribution in [0.15, 0.2) is 42.5 Å². The SMILES string of the molecule is CC(C)C(=O)Nc1cccc(C2CCN(CCCCC(=O)N3C(=O)OCC3c3ccc(F)c(F)c3)CC2)c1. The van der Waals surface area contributed by atoms with Crippen LogP contribution >= 0.6 is 0 Å². The van der Waals surface area contributed by atoms with E-state index in [0.29, 0.717) is 17.9 Å². The van der Waals surface area contributed by atoms with E-state index in [2.05, 4.69) is 22.3 Å². The number of unbranched alkanes of at least 4 members (excludes halogenated alkanes) is 1. The summed E-state index contributed by atoms with van der Waals surface area (Å²) in [5.41, 5.74) is 2.41. The maximum absolute atomic E-state index is 13.7. The van der Waals surface area contributed by atoms with E-state index in [0.717, 1.165) is 61.6 Å². The van der Waals surface area contributed by atoms with Crippen molar-refractivity contribution < 1.29 is 27.9 Å². The number of ether oxygens (including phenoxy) is 1. The molecule has 2 heterocycles. The van der Waals surface area contributed by atoms with Crippen molar-refractivity contribution in [2.75, 3.05) is 31.6 Å². The first-order valence-corrected chi connectivity index (χ1v) is 13.3. The molecule has 4 rings (SSSR count). The molecule has 0 radical (unpaired) electrons. The topological polar surface area (TPSA) is 79.0 Å². The van der Waals surface area contributed by atoms with Crippen LogP contribution in [0.4, 0.5) is 19.3 Å². The third kappa shape index (κ3) is 6.75. The Balaban J connectivity index is 1.21. The summed E-state index contributed by atoms with van der Waals surface area (Å²) in [5, 5.41) is 2.97. The molecule has 1 atom stereocenters. The van der Waals surface area contributed by atoms with Gasteiger partial charge in [-0.05, 0) is 86.6 Å². The smallest absolute Gasteiger partial charge is 0.417 e. The number of nitrogens with one attached hydrogen (secondary N) is 1. The van der Waals surface area contributed by atoms with E-state index < -0.39 is 23.8 Å². The first-order chi connectivity index (χ1) is 18.2. The number of imide groups is 1. The van der Waals surface area contributed by atoms with Crippen molar-refractivity contribution >= 4 is 23.6 Å². The summed E-state index contributed by atoms with van der Waals surface area (Å²) in [7, 11) is 0. The van der Waals surface area contributed by atoms with E-state index in [-0.39, 0.29) is 30.8 Å². The first-order valence-electron chi connectivity index (χ1n) is 13.3. The molecule has 2 aliphatic heterocycles. The number of carbonyl (C=O) groups is 3. The Morgan fingerprint density at radius 2 is 1.79 bits per heavy atom. The van der Waals surface area contributed by atoms with E-state index in [4.69, 9.17) is 4.74 Å². The van der Waals surface area contributed by atoms with Crippen LogP contribution in [0, 0.1) is 17.6 Å². The van der Waals surface area contributed by atoms with Crippen LogP contribution in [0.3, 0.4) is 0 Å². The average molecular weight is 528 g/mol. The highest BCUT2D eigenvalue weighted by Gasteiger charge is 2.38. The Morgan fingerprint density at radius 1 is 1.03 bits per heavy atom. The monoisotopic (exact) mass is 527 g/mol. The van der Waals surface area contributed by atoms with Crippen LogP contribution < -0.4 is 5.32 Å². The Bertz CT molecular complexity index is 1160. The van der Waals surface area contributed by atoms with Gasteiger partial charge < -0.3 is 15.0 Å². The Hall–Kier alpha value is -3.33. The summed E-state index contributed by atoms with van der Waals surface area (Å²) in [6.07, 6.45) is 2.91. The zero-order valence-electron chi connectivity index (χ0n) is 21.9. The number of piperidine rings is 1. The van der Waals surface area contributed by atoms with E-state index in [9.17, 15) is 23.2 Å². The average Bonchev–Trinajstić information content (AvgIpc) is 3.30. The van der Waals surface area contributed by atoms with Gasteiger partial charge in [0.1, 0.15) is 12.6 Å². The largest absolute Gasteiger partial charge is 0.446 e. The number of amides is 3. The van der Waals surface area contributed by atoms with Crippen LogP contribution in [0.2, 0.25) is 0 Å². The molecule has 0 saturated carbocycles. The van der Waals surface area contributed by atoms with Gasteiger partial charge in [0.2, 0.25) is 11.8 Å². The normalized spacial score (nSPS) is 18.6. The van der Waals surface area contributed by atoms with Crippen LogP contribution in [0.5, 0.6) is 0 Å². The minimum atomic E-state index is -1.02. The number of anilines is 1. The zero-order valence-corrected chi connectivity index (χ0v) is 21.9. The Labute approximate surface area is 222 Å². The van der Waals surface area contributed by atoms with Gasteiger partial charge in [-0.15, -0.1) is 0 Å². The lowest BCUT2D eigenvalue weighted by Crippen LogP contribution is -2.35. The summed E-state index contributed by atoms with van der Waals surface area (Å²) in [6.45, 7) is 6.45. The van der Waals surface area contributed by atoms with Crippen molar-refractivity contribution in [2.24, 2.45) is 5.92 Å². The molecule has 0 aliphatic carbocycles. The molecule has 7 nitrogen and oxygen atoms in total. The summed E-state index contributed by atoms with van der Waals surface area (Å²) in [6, 6.07) is 10.7. The summed E-state index contributed by atoms with van der Waals surface area (Å²) in [4.78, 5) is 40.4. The number of halogens is 2. The zero-order chi connectivity index (χ0) is 27.2. The fraction of sp³-hybridized carbons (Fsp3) is 0.483. The number of hydrogen-bond acceptors (Lipinski definition) is 5. The molecule has 2 aliphatic rings. The first kappa shape index (κ1) is 27.7. The summed E-state index contributed by atoms with van der Waals surface area (Å²) >= 11 is 0. The molecule has 2 aromatic rings. The minimum Gasteiger partial charge on any atom is -0.446 e. The lowest BCUT2D eigenvalue weighted by Gasteiger charge is -2.32. The fourth-order valence-electron chi connectivity index (χ4n) is 5.04. The molecule has 3 amide bonds. The molecule has 1 N–H and O–H groups in total. The lowest BCUT2D eigenvalue weighted by molar-refractivity contribution is -0.129. The maximum atomic E-state index is 13.7. The highest BCUT2D eigenvalue weighted by atomic mass is 19.2. The van der Waals surface area contributed by atoms with E-state index in [1.807, 2.05) is 26.0 Å². The Kier molecular flexibility index (Phi) is 9.09. The standard InChI is InChI=1S/C29H35F2N3O4/c1-19(2)28(36)32-23-7-5-6-21(16-23)20-11-14-33(15-12-20)13-4-3-8-27(35)34-26(18-38-29(34)37)22-9-10-24(30)25(31)17-22/h5-7,9-10,16-17,19-20,26H,3-4,8,11-15,18H2,1-2H3,(H,32,36). The lowest BCUT2D eigenvalue weighted by atomic mass is 9.89. The molecule has 0 aromatic heterocycles. The second-order valence-corrected chi connectivity index (χ2v) is 10.4. The quantitative estimate of drug-likeness (QED) is 0.428. The molecule has 2 fully saturated rings. The van der Waals surface area contributed by atoms with E-state index in [1.54, 1.807) is 0 Å². The molecule has 2 aromatic carbocycles. The van der Waals surface area contributed by atoms with Gasteiger partial charge in [-0.1, -0.05) is 32.0 Å². The Morgan fingerprint density at radius 3 is 2.50 bits per heavy atom. The number of hydrogen-bond donors (Lipinski definition) is 1. The minimum absolute atomic E-state index is 0.0111. The third-order valence-corrected chi connectivity index (χ3v) is 7.32. The highest BCUT2D eigenvalue weighted by molar-refractivity contribution is 5.93. The molecule has 0 bridgehead atoms. The van der Waals surface area contributed by atoms with E-state index in [1.165, 1.54) is 11.6 Å². The predicted octanol–water partition coefficient (Wildman–Crippen LogP) is 5.63. The second kappa shape index (κ2) is 12.5. The van der Waals surface area contributed by atoms with Crippen molar-refractivity contribution in [3.05, 3.63) is 65.2 Å². The van der Waals surface area contributed by atoms with Gasteiger partial charge >= 0.3 is 6.09 Å². The van der Waals surface area contributed by atoms with Crippen LogP contribution in [-0.4, -0.2) is 53.9 Å². The molecule has 1 unspecified atom stereocenters. The van der Waals surface area contributed by atoms with Crippen molar-refractivity contribution in [3.63, 3.8) is 0 Å². The predicted molar refractivity (Wildman–Crippen MR) is 139 cm³/mol. The van der Waals surface area contributed by atoms with Gasteiger partial charge in [-0.25, -0.2) is 18.5 Å². The number of carbonyl (C=O) groups excluding carboxylic acids is 3. The van der Waals surface area contributed by atoms with Gasteiger partial charge in [-0.2, -0.15) is 0 Å². The molecule has 38 heavy (non-hydrogen) atoms. The molecule has 9 heteroatoms. The van der Waals surface area contributed by atoms with Crippen molar-refractivity contribution in [3.8, 4) is 0 Å². The van der Waals surface area contributed by atoms with Gasteiger partial charge in [0, 0.05) is 18.0 Å². The number of benzene rings is 2. The number of rotatable bonds is 9. The number of likely N-dealkylation sites (tertiary alicyclic amines) is 1. The molecule has 2 saturated heterocycles. The summed E-state index contributed by atoms with van der Waals surface area (Å²) < 4.78 is 32.0.